The van der Waals surface area contributed by atoms with Crippen molar-refractivity contribution in [1.82, 2.24) is 24.7 Å². The van der Waals surface area contributed by atoms with E-state index in [9.17, 15) is 0 Å². The van der Waals surface area contributed by atoms with E-state index in [1.165, 1.54) is 18.1 Å². The first-order valence-electron chi connectivity index (χ1n) is 4.72. The van der Waals surface area contributed by atoms with Gasteiger partial charge in [-0.2, -0.15) is 5.10 Å². The quantitative estimate of drug-likeness (QED) is 0.626. The lowest BCUT2D eigenvalue weighted by molar-refractivity contribution is 0.729. The Kier molecular flexibility index (Phi) is 3.04. The van der Waals surface area contributed by atoms with Crippen molar-refractivity contribution in [3.05, 3.63) is 23.9 Å². The Morgan fingerprint density at radius 1 is 1.44 bits per heavy atom. The summed E-state index contributed by atoms with van der Waals surface area (Å²) in [6, 6.07) is 1.74. The summed E-state index contributed by atoms with van der Waals surface area (Å²) in [5.41, 5.74) is 6.51. The molecule has 0 fully saturated rings. The zero-order chi connectivity index (χ0) is 11.5. The minimum Gasteiger partial charge on any atom is -0.384 e. The molecule has 2 N–H and O–H groups in total. The summed E-state index contributed by atoms with van der Waals surface area (Å²) >= 11 is 1.50. The molecule has 0 bridgehead atoms. The fourth-order valence-electron chi connectivity index (χ4n) is 1.21. The van der Waals surface area contributed by atoms with Crippen LogP contribution in [0.3, 0.4) is 0 Å². The summed E-state index contributed by atoms with van der Waals surface area (Å²) in [6.07, 6.45) is 1.53. The topological polar surface area (TPSA) is 82.5 Å². The van der Waals surface area contributed by atoms with Gasteiger partial charge >= 0.3 is 0 Å². The second kappa shape index (κ2) is 4.48. The van der Waals surface area contributed by atoms with Crippen molar-refractivity contribution in [2.75, 3.05) is 5.73 Å². The van der Waals surface area contributed by atoms with Crippen molar-refractivity contribution in [3.63, 3.8) is 0 Å². The monoisotopic (exact) mass is 236 g/mol. The van der Waals surface area contributed by atoms with E-state index < -0.39 is 0 Å². The van der Waals surface area contributed by atoms with E-state index in [4.69, 9.17) is 5.73 Å². The predicted molar refractivity (Wildman–Crippen MR) is 61.7 cm³/mol. The molecule has 6 nitrogen and oxygen atoms in total. The van der Waals surface area contributed by atoms with Crippen molar-refractivity contribution in [1.29, 1.82) is 0 Å². The van der Waals surface area contributed by atoms with Gasteiger partial charge in [-0.05, 0) is 6.92 Å². The molecule has 16 heavy (non-hydrogen) atoms. The van der Waals surface area contributed by atoms with Crippen LogP contribution in [-0.2, 0) is 12.8 Å². The molecular formula is C9H12N6S. The number of rotatable bonds is 3. The predicted octanol–water partition coefficient (Wildman–Crippen LogP) is 0.788. The van der Waals surface area contributed by atoms with Gasteiger partial charge in [-0.25, -0.2) is 15.0 Å². The molecule has 2 aromatic rings. The average Bonchev–Trinajstić information content (AvgIpc) is 2.59. The number of nitrogens with zero attached hydrogens (tertiary/aromatic N) is 5. The van der Waals surface area contributed by atoms with E-state index in [0.717, 1.165) is 11.5 Å². The maximum Gasteiger partial charge on any atom is 0.190 e. The summed E-state index contributed by atoms with van der Waals surface area (Å²) in [5.74, 6) is 2.06. The Hall–Kier alpha value is -1.63. The molecule has 2 aromatic heterocycles. The highest BCUT2D eigenvalue weighted by molar-refractivity contribution is 7.98. The zero-order valence-corrected chi connectivity index (χ0v) is 9.90. The lowest BCUT2D eigenvalue weighted by Gasteiger charge is -2.02. The van der Waals surface area contributed by atoms with E-state index in [1.54, 1.807) is 10.7 Å². The molecule has 2 rings (SSSR count). The molecule has 0 atom stereocenters. The van der Waals surface area contributed by atoms with Crippen molar-refractivity contribution in [2.45, 2.75) is 17.8 Å². The first-order valence-corrected chi connectivity index (χ1v) is 5.70. The van der Waals surface area contributed by atoms with E-state index in [0.29, 0.717) is 16.7 Å². The van der Waals surface area contributed by atoms with E-state index in [1.807, 2.05) is 14.0 Å². The number of anilines is 1. The van der Waals surface area contributed by atoms with Gasteiger partial charge in [0.1, 0.15) is 18.0 Å². The number of hydrogen-bond donors (Lipinski definition) is 1. The van der Waals surface area contributed by atoms with E-state index in [-0.39, 0.29) is 0 Å². The number of thioether (sulfide) groups is 1. The Bertz CT molecular complexity index is 474. The minimum atomic E-state index is 0.493. The number of aryl methyl sites for hydroxylation is 2. The summed E-state index contributed by atoms with van der Waals surface area (Å²) in [6.45, 7) is 1.89. The highest BCUT2D eigenvalue weighted by atomic mass is 32.2. The fraction of sp³-hybridized carbons (Fsp3) is 0.333. The van der Waals surface area contributed by atoms with Gasteiger partial charge in [0.05, 0.1) is 5.75 Å². The molecule has 0 radical (unpaired) electrons. The number of nitrogen functional groups attached to an aromatic ring is 1. The molecule has 0 saturated heterocycles. The Labute approximate surface area is 97.3 Å². The van der Waals surface area contributed by atoms with Crippen LogP contribution in [0.25, 0.3) is 0 Å². The maximum absolute atomic E-state index is 5.64. The normalized spacial score (nSPS) is 10.6. The van der Waals surface area contributed by atoms with E-state index in [2.05, 4.69) is 20.1 Å². The summed E-state index contributed by atoms with van der Waals surface area (Å²) in [4.78, 5) is 12.5. The molecule has 0 amide bonds. The van der Waals surface area contributed by atoms with Gasteiger partial charge in [-0.3, -0.25) is 4.68 Å². The molecule has 84 valence electrons. The molecular weight excluding hydrogens is 224 g/mol. The standard InChI is InChI=1S/C9H12N6S/c1-6-3-7(10)14-9(13-6)16-4-8-11-5-12-15(8)2/h3,5H,4H2,1-2H3,(H2,10,13,14). The third-order valence-corrected chi connectivity index (χ3v) is 2.83. The zero-order valence-electron chi connectivity index (χ0n) is 9.08. The molecule has 0 unspecified atom stereocenters. The van der Waals surface area contributed by atoms with Crippen LogP contribution in [0, 0.1) is 6.92 Å². The molecule has 0 aliphatic carbocycles. The fourth-order valence-corrected chi connectivity index (χ4v) is 2.11. The first kappa shape index (κ1) is 10.9. The van der Waals surface area contributed by atoms with Gasteiger partial charge in [0.25, 0.3) is 0 Å². The molecule has 0 spiro atoms. The Morgan fingerprint density at radius 2 is 2.25 bits per heavy atom. The van der Waals surface area contributed by atoms with Crippen LogP contribution in [0.2, 0.25) is 0 Å². The summed E-state index contributed by atoms with van der Waals surface area (Å²) < 4.78 is 1.73. The minimum absolute atomic E-state index is 0.493. The molecule has 2 heterocycles. The second-order valence-electron chi connectivity index (χ2n) is 3.31. The van der Waals surface area contributed by atoms with Crippen LogP contribution in [-0.4, -0.2) is 24.7 Å². The van der Waals surface area contributed by atoms with Crippen LogP contribution in [0.4, 0.5) is 5.82 Å². The van der Waals surface area contributed by atoms with Gasteiger partial charge in [0, 0.05) is 18.8 Å². The molecule has 7 heteroatoms. The van der Waals surface area contributed by atoms with Gasteiger partial charge in [0.2, 0.25) is 0 Å². The number of nitrogens with two attached hydrogens (primary N) is 1. The van der Waals surface area contributed by atoms with Crippen molar-refractivity contribution >= 4 is 17.6 Å². The molecule has 0 aliphatic heterocycles. The Morgan fingerprint density at radius 3 is 2.88 bits per heavy atom. The lowest BCUT2D eigenvalue weighted by atomic mass is 10.4. The van der Waals surface area contributed by atoms with Gasteiger partial charge < -0.3 is 5.73 Å². The van der Waals surface area contributed by atoms with Gasteiger partial charge in [-0.15, -0.1) is 0 Å². The Balaban J connectivity index is 2.07. The average molecular weight is 236 g/mol. The number of hydrogen-bond acceptors (Lipinski definition) is 6. The highest BCUT2D eigenvalue weighted by Crippen LogP contribution is 2.18. The highest BCUT2D eigenvalue weighted by Gasteiger charge is 2.05. The van der Waals surface area contributed by atoms with Crippen LogP contribution in [0.5, 0.6) is 0 Å². The van der Waals surface area contributed by atoms with E-state index >= 15 is 0 Å². The first-order chi connectivity index (χ1) is 7.65. The molecule has 0 aliphatic rings. The van der Waals surface area contributed by atoms with Crippen LogP contribution >= 0.6 is 11.8 Å². The third-order valence-electron chi connectivity index (χ3n) is 1.99. The summed E-state index contributed by atoms with van der Waals surface area (Å²) in [5, 5.41) is 4.66. The van der Waals surface area contributed by atoms with Crippen LogP contribution in [0.15, 0.2) is 17.6 Å². The SMILES string of the molecule is Cc1cc(N)nc(SCc2ncnn2C)n1. The molecule has 0 aromatic carbocycles. The van der Waals surface area contributed by atoms with Crippen molar-refractivity contribution in [3.8, 4) is 0 Å². The molecule has 0 saturated carbocycles. The largest absolute Gasteiger partial charge is 0.384 e. The lowest BCUT2D eigenvalue weighted by Crippen LogP contribution is -2.00. The van der Waals surface area contributed by atoms with Crippen molar-refractivity contribution < 1.29 is 0 Å². The van der Waals surface area contributed by atoms with Crippen LogP contribution in [0.1, 0.15) is 11.5 Å². The number of aromatic nitrogens is 5. The van der Waals surface area contributed by atoms with Gasteiger partial charge in [0.15, 0.2) is 5.16 Å². The second-order valence-corrected chi connectivity index (χ2v) is 4.25. The van der Waals surface area contributed by atoms with Crippen LogP contribution < -0.4 is 5.73 Å². The smallest absolute Gasteiger partial charge is 0.190 e. The summed E-state index contributed by atoms with van der Waals surface area (Å²) in [7, 11) is 1.86. The van der Waals surface area contributed by atoms with Gasteiger partial charge in [-0.1, -0.05) is 11.8 Å². The third kappa shape index (κ3) is 2.48. The van der Waals surface area contributed by atoms with Crippen molar-refractivity contribution in [2.24, 2.45) is 7.05 Å². The maximum atomic E-state index is 5.64.